The molecule has 6 rings (SSSR count). The molecule has 0 unspecified atom stereocenters. The van der Waals surface area contributed by atoms with E-state index in [1.807, 2.05) is 18.2 Å². The number of nitrogens with zero attached hydrogens (tertiary/aromatic N) is 1. The number of pyridine rings is 1. The molecule has 0 saturated heterocycles. The van der Waals surface area contributed by atoms with Crippen LogP contribution in [0, 0.1) is 0 Å². The van der Waals surface area contributed by atoms with Crippen molar-refractivity contribution in [2.45, 2.75) is 31.6 Å². The Balaban J connectivity index is 1.80. The third kappa shape index (κ3) is 2.70. The summed E-state index contributed by atoms with van der Waals surface area (Å²) in [6.45, 7) is 0. The molecule has 31 heavy (non-hydrogen) atoms. The van der Waals surface area contributed by atoms with Gasteiger partial charge in [-0.15, -0.1) is 0 Å². The van der Waals surface area contributed by atoms with Crippen molar-refractivity contribution in [2.24, 2.45) is 0 Å². The molecular formula is C25H21ClN4O. The van der Waals surface area contributed by atoms with E-state index in [9.17, 15) is 4.79 Å². The van der Waals surface area contributed by atoms with Gasteiger partial charge in [-0.05, 0) is 47.4 Å². The summed E-state index contributed by atoms with van der Waals surface area (Å²) >= 11 is 6.37. The summed E-state index contributed by atoms with van der Waals surface area (Å²) in [4.78, 5) is 16.0. The maximum absolute atomic E-state index is 12.9. The zero-order valence-electron chi connectivity index (χ0n) is 16.8. The molecule has 0 bridgehead atoms. The fourth-order valence-electron chi connectivity index (χ4n) is 5.26. The molecule has 5 nitrogen and oxygen atoms in total. The number of nitrogens with two attached hydrogens (primary N) is 1. The number of halogens is 1. The average Bonchev–Trinajstić information content (AvgIpc) is 3.48. The number of hydrogen-bond acceptors (Lipinski definition) is 3. The van der Waals surface area contributed by atoms with Crippen LogP contribution in [-0.4, -0.2) is 15.2 Å². The summed E-state index contributed by atoms with van der Waals surface area (Å²) in [6, 6.07) is 14.3. The minimum atomic E-state index is -0.284. The second-order valence-corrected chi connectivity index (χ2v) is 8.82. The fraction of sp³-hybridized carbons (Fsp3) is 0.200. The van der Waals surface area contributed by atoms with E-state index in [1.54, 1.807) is 6.20 Å². The van der Waals surface area contributed by atoms with Gasteiger partial charge in [-0.1, -0.05) is 54.8 Å². The molecule has 1 saturated carbocycles. The topological polar surface area (TPSA) is 87.6 Å². The van der Waals surface area contributed by atoms with E-state index in [0.717, 1.165) is 38.3 Å². The zero-order valence-corrected chi connectivity index (χ0v) is 17.6. The third-order valence-electron chi connectivity index (χ3n) is 6.73. The van der Waals surface area contributed by atoms with E-state index in [2.05, 4.69) is 39.4 Å². The summed E-state index contributed by atoms with van der Waals surface area (Å²) in [7, 11) is 0. The summed E-state index contributed by atoms with van der Waals surface area (Å²) < 4.78 is 0. The van der Waals surface area contributed by atoms with Gasteiger partial charge >= 0.3 is 0 Å². The molecule has 0 aliphatic heterocycles. The molecule has 0 spiro atoms. The number of rotatable bonds is 2. The number of aromatic amines is 2. The molecule has 0 amide bonds. The molecule has 1 fully saturated rings. The average molecular weight is 429 g/mol. The number of nitrogens with one attached hydrogen (secondary N) is 2. The van der Waals surface area contributed by atoms with Gasteiger partial charge in [-0.3, -0.25) is 9.89 Å². The molecule has 154 valence electrons. The Morgan fingerprint density at radius 3 is 2.55 bits per heavy atom. The Hall–Kier alpha value is -3.31. The lowest BCUT2D eigenvalue weighted by Gasteiger charge is -2.18. The number of nitrogen functional groups attached to an aromatic ring is 1. The highest BCUT2D eigenvalue weighted by Gasteiger charge is 2.23. The van der Waals surface area contributed by atoms with Crippen molar-refractivity contribution in [1.29, 1.82) is 0 Å². The molecule has 1 aliphatic carbocycles. The van der Waals surface area contributed by atoms with Gasteiger partial charge in [0.1, 0.15) is 5.69 Å². The first kappa shape index (κ1) is 18.5. The van der Waals surface area contributed by atoms with Gasteiger partial charge in [0.15, 0.2) is 0 Å². The summed E-state index contributed by atoms with van der Waals surface area (Å²) in [6.07, 6.45) is 6.63. The first-order chi connectivity index (χ1) is 15.1. The highest BCUT2D eigenvalue weighted by Crippen LogP contribution is 2.44. The van der Waals surface area contributed by atoms with Crippen LogP contribution in [0.3, 0.4) is 0 Å². The van der Waals surface area contributed by atoms with E-state index < -0.39 is 0 Å². The molecule has 1 aliphatic rings. The molecule has 4 N–H and O–H groups in total. The summed E-state index contributed by atoms with van der Waals surface area (Å²) in [5.74, 6) is 0.523. The number of aromatic nitrogens is 3. The van der Waals surface area contributed by atoms with Gasteiger partial charge in [0.05, 0.1) is 22.3 Å². The smallest absolute Gasteiger partial charge is 0.272 e. The van der Waals surface area contributed by atoms with Gasteiger partial charge in [-0.2, -0.15) is 5.10 Å². The zero-order chi connectivity index (χ0) is 21.1. The highest BCUT2D eigenvalue weighted by molar-refractivity contribution is 6.35. The second-order valence-electron chi connectivity index (χ2n) is 8.41. The summed E-state index contributed by atoms with van der Waals surface area (Å²) in [5.41, 5.74) is 10.8. The van der Waals surface area contributed by atoms with E-state index in [4.69, 9.17) is 17.3 Å². The first-order valence-electron chi connectivity index (χ1n) is 10.6. The van der Waals surface area contributed by atoms with Crippen LogP contribution >= 0.6 is 11.6 Å². The van der Waals surface area contributed by atoms with Crippen LogP contribution < -0.4 is 11.3 Å². The number of hydrogen-bond donors (Lipinski definition) is 3. The maximum atomic E-state index is 12.9. The Kier molecular flexibility index (Phi) is 4.08. The Labute approximate surface area is 183 Å². The van der Waals surface area contributed by atoms with E-state index in [-0.39, 0.29) is 11.2 Å². The third-order valence-corrected chi connectivity index (χ3v) is 7.04. The molecule has 0 atom stereocenters. The minimum Gasteiger partial charge on any atom is -0.394 e. The van der Waals surface area contributed by atoms with Crippen molar-refractivity contribution in [1.82, 2.24) is 15.2 Å². The molecule has 0 radical (unpaired) electrons. The van der Waals surface area contributed by atoms with Crippen LogP contribution in [0.5, 0.6) is 0 Å². The van der Waals surface area contributed by atoms with Crippen molar-refractivity contribution in [3.05, 3.63) is 69.6 Å². The molecular weight excluding hydrogens is 408 g/mol. The van der Waals surface area contributed by atoms with Crippen LogP contribution in [-0.2, 0) is 0 Å². The standard InChI is InChI=1S/C25H21ClN4O/c26-20-10-9-15(19-12-28-30-24(19)20)21-18-11-17(13-5-1-2-6-13)14-7-3-4-8-16(14)23(18)29-25(31)22(21)27/h3-4,7-13H,1-2,5-6,27H2,(H,28,30)(H,29,31). The SMILES string of the molecule is Nc1c(-c2ccc(Cl)c3[nH]ncc23)c2cc(C3CCCC3)c3ccccc3c2[nH]c1=O. The monoisotopic (exact) mass is 428 g/mol. The van der Waals surface area contributed by atoms with Crippen LogP contribution in [0.2, 0.25) is 5.02 Å². The second kappa shape index (κ2) is 6.86. The number of benzene rings is 3. The van der Waals surface area contributed by atoms with Gasteiger partial charge < -0.3 is 10.7 Å². The van der Waals surface area contributed by atoms with Gasteiger partial charge in [0, 0.05) is 21.7 Å². The minimum absolute atomic E-state index is 0.213. The van der Waals surface area contributed by atoms with E-state index >= 15 is 0 Å². The number of H-pyrrole nitrogens is 2. The Morgan fingerprint density at radius 2 is 1.74 bits per heavy atom. The maximum Gasteiger partial charge on any atom is 0.272 e. The largest absolute Gasteiger partial charge is 0.394 e. The lowest BCUT2D eigenvalue weighted by atomic mass is 9.87. The van der Waals surface area contributed by atoms with Crippen molar-refractivity contribution in [3.63, 3.8) is 0 Å². The first-order valence-corrected chi connectivity index (χ1v) is 11.0. The number of fused-ring (bicyclic) bond motifs is 4. The molecule has 6 heteroatoms. The predicted molar refractivity (Wildman–Crippen MR) is 128 cm³/mol. The van der Waals surface area contributed by atoms with Gasteiger partial charge in [0.2, 0.25) is 0 Å². The van der Waals surface area contributed by atoms with Gasteiger partial charge in [-0.25, -0.2) is 0 Å². The molecule has 2 aromatic heterocycles. The van der Waals surface area contributed by atoms with Crippen molar-refractivity contribution in [2.75, 3.05) is 5.73 Å². The normalized spacial score (nSPS) is 14.9. The van der Waals surface area contributed by atoms with Crippen molar-refractivity contribution in [3.8, 4) is 11.1 Å². The summed E-state index contributed by atoms with van der Waals surface area (Å²) in [5, 5.41) is 11.8. The molecule has 3 aromatic carbocycles. The lowest BCUT2D eigenvalue weighted by Crippen LogP contribution is -2.14. The Bertz CT molecular complexity index is 1540. The lowest BCUT2D eigenvalue weighted by molar-refractivity contribution is 0.730. The van der Waals surface area contributed by atoms with Gasteiger partial charge in [0.25, 0.3) is 5.56 Å². The van der Waals surface area contributed by atoms with Crippen LogP contribution in [0.1, 0.15) is 37.2 Å². The van der Waals surface area contributed by atoms with Crippen LogP contribution in [0.15, 0.2) is 53.5 Å². The van der Waals surface area contributed by atoms with Crippen molar-refractivity contribution >= 4 is 49.9 Å². The van der Waals surface area contributed by atoms with E-state index in [0.29, 0.717) is 10.9 Å². The van der Waals surface area contributed by atoms with Crippen LogP contribution in [0.4, 0.5) is 5.69 Å². The molecule has 5 aromatic rings. The van der Waals surface area contributed by atoms with Crippen LogP contribution in [0.25, 0.3) is 43.7 Å². The quantitative estimate of drug-likeness (QED) is 0.296. The number of anilines is 1. The van der Waals surface area contributed by atoms with E-state index in [1.165, 1.54) is 36.6 Å². The fourth-order valence-corrected chi connectivity index (χ4v) is 5.47. The predicted octanol–water partition coefficient (Wildman–Crippen LogP) is 6.12. The van der Waals surface area contributed by atoms with Crippen molar-refractivity contribution < 1.29 is 0 Å². The Morgan fingerprint density at radius 1 is 0.968 bits per heavy atom. The molecule has 2 heterocycles. The highest BCUT2D eigenvalue weighted by atomic mass is 35.5.